The van der Waals surface area contributed by atoms with E-state index in [9.17, 15) is 8.42 Å². The van der Waals surface area contributed by atoms with Crippen LogP contribution < -0.4 is 29.6 Å². The van der Waals surface area contributed by atoms with Gasteiger partial charge in [-0.2, -0.15) is 0 Å². The molecule has 0 fully saturated rings. The number of rotatable bonds is 7. The van der Waals surface area contributed by atoms with Crippen molar-refractivity contribution in [1.29, 1.82) is 0 Å². The summed E-state index contributed by atoms with van der Waals surface area (Å²) in [6.45, 7) is 8.63. The van der Waals surface area contributed by atoms with Crippen molar-refractivity contribution in [1.82, 2.24) is 0 Å². The summed E-state index contributed by atoms with van der Waals surface area (Å²) in [6.07, 6.45) is 5.56. The Morgan fingerprint density at radius 3 is 2.21 bits per heavy atom. The number of hydrogen-bond donors (Lipinski definition) is 1. The van der Waals surface area contributed by atoms with E-state index < -0.39 is 10.0 Å². The van der Waals surface area contributed by atoms with E-state index in [-0.39, 0.29) is 34.5 Å². The summed E-state index contributed by atoms with van der Waals surface area (Å²) in [4.78, 5) is 0.114. The molecule has 0 radical (unpaired) electrons. The van der Waals surface area contributed by atoms with Crippen molar-refractivity contribution in [3.8, 4) is 0 Å². The molecule has 0 aliphatic rings. The Labute approximate surface area is 174 Å². The molecule has 1 rings (SSSR count). The molecule has 0 saturated carbocycles. The van der Waals surface area contributed by atoms with Gasteiger partial charge in [-0.05, 0) is 58.1 Å². The Morgan fingerprint density at radius 1 is 1.25 bits per heavy atom. The van der Waals surface area contributed by atoms with Gasteiger partial charge in [0.05, 0.1) is 0 Å². The van der Waals surface area contributed by atoms with Crippen LogP contribution in [-0.4, -0.2) is 20.1 Å². The third-order valence-electron chi connectivity index (χ3n) is 3.24. The van der Waals surface area contributed by atoms with E-state index in [1.807, 2.05) is 6.92 Å². The summed E-state index contributed by atoms with van der Waals surface area (Å²) in [6, 6.07) is 6.32. The zero-order chi connectivity index (χ0) is 17.9. The van der Waals surface area contributed by atoms with Crippen LogP contribution in [0.15, 0.2) is 40.8 Å². The second-order valence-electron chi connectivity index (χ2n) is 5.83. The third kappa shape index (κ3) is 12.5. The predicted molar refractivity (Wildman–Crippen MR) is 97.1 cm³/mol. The van der Waals surface area contributed by atoms with Gasteiger partial charge in [0, 0.05) is 11.5 Å². The maximum absolute atomic E-state index is 11.0. The van der Waals surface area contributed by atoms with Gasteiger partial charge in [-0.1, -0.05) is 36.3 Å². The predicted octanol–water partition coefficient (Wildman–Crippen LogP) is 1.97. The molecule has 0 spiro atoms. The van der Waals surface area contributed by atoms with Gasteiger partial charge in [0.15, 0.2) is 0 Å². The van der Waals surface area contributed by atoms with Gasteiger partial charge in [-0.25, -0.2) is 8.42 Å². The molecule has 0 aliphatic carbocycles. The molecule has 1 aromatic carbocycles. The van der Waals surface area contributed by atoms with Crippen molar-refractivity contribution < 1.29 is 43.1 Å². The number of halogens is 1. The Hall–Kier alpha value is 0.120. The zero-order valence-electron chi connectivity index (χ0n) is 15.3. The van der Waals surface area contributed by atoms with Gasteiger partial charge in [0.1, 0.15) is 10.0 Å². The van der Waals surface area contributed by atoms with E-state index in [1.54, 1.807) is 12.1 Å². The Morgan fingerprint density at radius 2 is 1.79 bits per heavy atom. The molecule has 1 atom stereocenters. The first-order valence-corrected chi connectivity index (χ1v) is 9.40. The topological polar surface area (TPSA) is 68.5 Å². The van der Waals surface area contributed by atoms with Gasteiger partial charge < -0.3 is 9.35 Å². The summed E-state index contributed by atoms with van der Waals surface area (Å²) in [5.41, 5.74) is 2.38. The summed E-state index contributed by atoms with van der Waals surface area (Å²) >= 11 is 4.90. The Kier molecular flexibility index (Phi) is 15.7. The molecular formula is C17H27ClNNaO3S. The van der Waals surface area contributed by atoms with Crippen LogP contribution in [0.25, 0.3) is 4.24 Å². The first-order valence-electron chi connectivity index (χ1n) is 7.62. The van der Waals surface area contributed by atoms with Crippen LogP contribution in [0.3, 0.4) is 0 Å². The van der Waals surface area contributed by atoms with Crippen LogP contribution in [0.1, 0.15) is 45.6 Å². The Bertz CT molecular complexity index is 570. The minimum atomic E-state index is -3.62. The van der Waals surface area contributed by atoms with Crippen molar-refractivity contribution in [2.24, 2.45) is 5.92 Å². The number of nitrogens with zero attached hydrogens (tertiary/aromatic N) is 1. The van der Waals surface area contributed by atoms with E-state index in [1.165, 1.54) is 24.1 Å². The molecule has 1 unspecified atom stereocenters. The van der Waals surface area contributed by atoms with E-state index in [0.717, 1.165) is 18.4 Å². The number of aliphatic hydroxyl groups excluding tert-OH is 1. The van der Waals surface area contributed by atoms with Crippen LogP contribution in [0, 0.1) is 12.8 Å². The summed E-state index contributed by atoms with van der Waals surface area (Å²) in [7, 11) is -3.62. The van der Waals surface area contributed by atoms with Crippen molar-refractivity contribution >= 4 is 21.8 Å². The normalized spacial score (nSPS) is 11.6. The van der Waals surface area contributed by atoms with E-state index >= 15 is 0 Å². The molecule has 0 heterocycles. The molecule has 0 bridgehead atoms. The largest absolute Gasteiger partial charge is 1.00 e. The van der Waals surface area contributed by atoms with E-state index in [4.69, 9.17) is 16.9 Å². The first kappa shape index (κ1) is 26.4. The van der Waals surface area contributed by atoms with Crippen LogP contribution >= 0.6 is 11.8 Å². The third-order valence-corrected chi connectivity index (χ3v) is 4.84. The van der Waals surface area contributed by atoms with Crippen LogP contribution in [0.5, 0.6) is 0 Å². The quantitative estimate of drug-likeness (QED) is 0.578. The van der Waals surface area contributed by atoms with Crippen molar-refractivity contribution in [3.05, 3.63) is 45.7 Å². The maximum Gasteiger partial charge on any atom is 1.00 e. The number of hydrogen-bond acceptors (Lipinski definition) is 3. The van der Waals surface area contributed by atoms with Gasteiger partial charge in [-0.15, -0.1) is 0 Å². The molecule has 0 aromatic heterocycles. The molecule has 1 aromatic rings. The monoisotopic (exact) mass is 383 g/mol. The number of aliphatic hydroxyl groups is 1. The van der Waals surface area contributed by atoms with E-state index in [0.29, 0.717) is 12.5 Å². The molecule has 132 valence electrons. The van der Waals surface area contributed by atoms with Crippen LogP contribution in [0.4, 0.5) is 0 Å². The second-order valence-corrected chi connectivity index (χ2v) is 7.81. The van der Waals surface area contributed by atoms with Crippen molar-refractivity contribution in [2.45, 2.75) is 51.9 Å². The van der Waals surface area contributed by atoms with Crippen molar-refractivity contribution in [3.63, 3.8) is 0 Å². The average Bonchev–Trinajstić information content (AvgIpc) is 2.48. The van der Waals surface area contributed by atoms with Gasteiger partial charge in [-0.3, -0.25) is 11.8 Å². The van der Waals surface area contributed by atoms with Gasteiger partial charge >= 0.3 is 29.6 Å². The standard InChI is InChI=1S/C10H20O.C7H7ClNO2S.Na/c1-9(2)5-4-6-10(3)7-8-11;1-6-2-4-7(5-3-6)12(10,11)9-8;/h5,10-11H,4,6-8H2,1-3H3;2-5H,1H3;/q;-1;+1. The number of allylic oxidation sites excluding steroid dienone is 2. The number of aryl methyl sites for hydroxylation is 1. The number of benzene rings is 1. The smallest absolute Gasteiger partial charge is 0.458 e. The second kappa shape index (κ2) is 14.3. The molecule has 4 nitrogen and oxygen atoms in total. The minimum absolute atomic E-state index is 0. The number of sulfonamides is 1. The fourth-order valence-corrected chi connectivity index (χ4v) is 2.57. The molecule has 0 amide bonds. The van der Waals surface area contributed by atoms with Crippen LogP contribution in [-0.2, 0) is 10.0 Å². The molecular weight excluding hydrogens is 357 g/mol. The van der Waals surface area contributed by atoms with Crippen LogP contribution in [0.2, 0.25) is 0 Å². The average molecular weight is 384 g/mol. The first-order chi connectivity index (χ1) is 10.7. The summed E-state index contributed by atoms with van der Waals surface area (Å²) in [5, 5.41) is 8.63. The van der Waals surface area contributed by atoms with E-state index in [2.05, 4.69) is 31.1 Å². The zero-order valence-corrected chi connectivity index (χ0v) is 18.9. The molecule has 0 aliphatic heterocycles. The van der Waals surface area contributed by atoms with Crippen molar-refractivity contribution in [2.75, 3.05) is 6.61 Å². The molecule has 1 N–H and O–H groups in total. The maximum atomic E-state index is 11.0. The molecule has 0 saturated heterocycles. The molecule has 7 heteroatoms. The van der Waals surface area contributed by atoms with Gasteiger partial charge in [0.2, 0.25) is 0 Å². The van der Waals surface area contributed by atoms with Gasteiger partial charge in [0.25, 0.3) is 0 Å². The molecule has 24 heavy (non-hydrogen) atoms. The SMILES string of the molecule is CC(C)=CCCC(C)CCO.Cc1ccc(S(=O)(=O)[N-]Cl)cc1.[Na+]. The minimum Gasteiger partial charge on any atom is -0.458 e. The fraction of sp³-hybridized carbons (Fsp3) is 0.529. The summed E-state index contributed by atoms with van der Waals surface area (Å²) in [5.74, 6) is 0.663. The fourth-order valence-electron chi connectivity index (χ4n) is 1.77. The summed E-state index contributed by atoms with van der Waals surface area (Å²) < 4.78 is 24.8. The Balaban J connectivity index is 0.